The molecule has 3 aromatic rings. The van der Waals surface area contributed by atoms with Crippen LogP contribution < -0.4 is 10.1 Å². The van der Waals surface area contributed by atoms with Crippen molar-refractivity contribution >= 4 is 28.7 Å². The number of likely N-dealkylation sites (tertiary alicyclic amines) is 1. The van der Waals surface area contributed by atoms with Crippen LogP contribution in [-0.2, 0) is 11.8 Å². The number of hydrogen-bond donors (Lipinski definition) is 2. The summed E-state index contributed by atoms with van der Waals surface area (Å²) in [6.45, 7) is 7.54. The van der Waals surface area contributed by atoms with E-state index in [1.165, 1.54) is 6.08 Å². The summed E-state index contributed by atoms with van der Waals surface area (Å²) in [5, 5.41) is 7.26. The van der Waals surface area contributed by atoms with Crippen molar-refractivity contribution in [3.8, 4) is 5.88 Å². The molecule has 1 aliphatic heterocycles. The van der Waals surface area contributed by atoms with Crippen LogP contribution in [0.3, 0.4) is 0 Å². The standard InChI is InChI=1S/C19H24N8O2/c1-4-12-7-27(15(28)5-2)8-13(12)10-29-18-16-17(21-11-20-16)24-19(25-18)23-14-6-22-26(3)9-14/h5-6,9,11-13H,2,4,7-8,10H2,1,3H3,(H2,20,21,23,24,25)/t12-,13+/m1/s1. The Hall–Kier alpha value is -3.43. The molecule has 1 fully saturated rings. The van der Waals surface area contributed by atoms with Gasteiger partial charge in [-0.3, -0.25) is 9.48 Å². The van der Waals surface area contributed by atoms with Crippen LogP contribution in [0.25, 0.3) is 11.2 Å². The van der Waals surface area contributed by atoms with Gasteiger partial charge < -0.3 is 19.9 Å². The average Bonchev–Trinajstić information content (AvgIpc) is 3.45. The summed E-state index contributed by atoms with van der Waals surface area (Å²) in [4.78, 5) is 30.0. The third kappa shape index (κ3) is 3.91. The maximum atomic E-state index is 12.0. The largest absolute Gasteiger partial charge is 0.476 e. The lowest BCUT2D eigenvalue weighted by Gasteiger charge is -2.17. The zero-order chi connectivity index (χ0) is 20.4. The molecule has 0 unspecified atom stereocenters. The summed E-state index contributed by atoms with van der Waals surface area (Å²) >= 11 is 0. The number of H-pyrrole nitrogens is 1. The second-order valence-electron chi connectivity index (χ2n) is 7.17. The quantitative estimate of drug-likeness (QED) is 0.586. The second-order valence-corrected chi connectivity index (χ2v) is 7.17. The summed E-state index contributed by atoms with van der Waals surface area (Å²) < 4.78 is 7.77. The van der Waals surface area contributed by atoms with Crippen LogP contribution in [-0.4, -0.2) is 60.2 Å². The van der Waals surface area contributed by atoms with E-state index in [-0.39, 0.29) is 11.8 Å². The summed E-state index contributed by atoms with van der Waals surface area (Å²) in [6.07, 6.45) is 7.43. The van der Waals surface area contributed by atoms with E-state index in [0.29, 0.717) is 42.1 Å². The van der Waals surface area contributed by atoms with Gasteiger partial charge in [0.2, 0.25) is 17.7 Å². The minimum Gasteiger partial charge on any atom is -0.476 e. The number of fused-ring (bicyclic) bond motifs is 1. The number of nitrogens with zero attached hydrogens (tertiary/aromatic N) is 6. The molecule has 1 aliphatic rings. The molecule has 0 bridgehead atoms. The van der Waals surface area contributed by atoms with E-state index in [1.54, 1.807) is 17.2 Å². The number of ether oxygens (including phenoxy) is 1. The van der Waals surface area contributed by atoms with E-state index in [2.05, 4.69) is 43.9 Å². The highest BCUT2D eigenvalue weighted by atomic mass is 16.5. The maximum Gasteiger partial charge on any atom is 0.247 e. The number of carbonyl (C=O) groups is 1. The number of hydrogen-bond acceptors (Lipinski definition) is 7. The second kappa shape index (κ2) is 7.90. The number of imidazole rings is 1. The molecular weight excluding hydrogens is 372 g/mol. The zero-order valence-corrected chi connectivity index (χ0v) is 16.5. The smallest absolute Gasteiger partial charge is 0.247 e. The van der Waals surface area contributed by atoms with Gasteiger partial charge >= 0.3 is 0 Å². The molecule has 1 saturated heterocycles. The van der Waals surface area contributed by atoms with Gasteiger partial charge in [-0.2, -0.15) is 15.1 Å². The molecule has 0 radical (unpaired) electrons. The molecule has 0 aliphatic carbocycles. The molecule has 10 nitrogen and oxygen atoms in total. The van der Waals surface area contributed by atoms with E-state index >= 15 is 0 Å². The Labute approximate surface area is 168 Å². The number of amides is 1. The average molecular weight is 396 g/mol. The van der Waals surface area contributed by atoms with Crippen molar-refractivity contribution in [2.45, 2.75) is 13.3 Å². The van der Waals surface area contributed by atoms with Crippen molar-refractivity contribution in [1.82, 2.24) is 34.6 Å². The summed E-state index contributed by atoms with van der Waals surface area (Å²) in [6, 6.07) is 0. The van der Waals surface area contributed by atoms with Crippen molar-refractivity contribution in [3.63, 3.8) is 0 Å². The van der Waals surface area contributed by atoms with Crippen LogP contribution in [0.2, 0.25) is 0 Å². The van der Waals surface area contributed by atoms with Gasteiger partial charge in [-0.05, 0) is 12.0 Å². The molecule has 3 aromatic heterocycles. The highest BCUT2D eigenvalue weighted by Crippen LogP contribution is 2.29. The van der Waals surface area contributed by atoms with Gasteiger partial charge in [0.25, 0.3) is 0 Å². The SMILES string of the molecule is C=CC(=O)N1C[C@@H](CC)[C@H](COc2nc(Nc3cnn(C)c3)nc3[nH]cnc23)C1. The van der Waals surface area contributed by atoms with Gasteiger partial charge in [-0.15, -0.1) is 0 Å². The van der Waals surface area contributed by atoms with Gasteiger partial charge in [0.15, 0.2) is 11.2 Å². The maximum absolute atomic E-state index is 12.0. The lowest BCUT2D eigenvalue weighted by molar-refractivity contribution is -0.125. The highest BCUT2D eigenvalue weighted by molar-refractivity contribution is 5.87. The number of rotatable bonds is 7. The molecule has 0 aromatic carbocycles. The first-order chi connectivity index (χ1) is 14.1. The van der Waals surface area contributed by atoms with Crippen molar-refractivity contribution in [2.24, 2.45) is 18.9 Å². The fourth-order valence-electron chi connectivity index (χ4n) is 3.67. The Morgan fingerprint density at radius 2 is 2.24 bits per heavy atom. The van der Waals surface area contributed by atoms with Crippen molar-refractivity contribution in [1.29, 1.82) is 0 Å². The monoisotopic (exact) mass is 396 g/mol. The van der Waals surface area contributed by atoms with Gasteiger partial charge in [0.1, 0.15) is 0 Å². The summed E-state index contributed by atoms with van der Waals surface area (Å²) in [7, 11) is 1.84. The molecule has 1 amide bonds. The van der Waals surface area contributed by atoms with E-state index in [9.17, 15) is 4.79 Å². The third-order valence-electron chi connectivity index (χ3n) is 5.23. The van der Waals surface area contributed by atoms with Crippen LogP contribution >= 0.6 is 0 Å². The van der Waals surface area contributed by atoms with E-state index in [4.69, 9.17) is 4.74 Å². The summed E-state index contributed by atoms with van der Waals surface area (Å²) in [5.41, 5.74) is 1.94. The Kier molecular flexibility index (Phi) is 5.15. The van der Waals surface area contributed by atoms with Gasteiger partial charge in [0, 0.05) is 32.3 Å². The minimum absolute atomic E-state index is 0.0364. The predicted octanol–water partition coefficient (Wildman–Crippen LogP) is 1.88. The molecule has 0 saturated carbocycles. The normalized spacial score (nSPS) is 18.9. The highest BCUT2D eigenvalue weighted by Gasteiger charge is 2.34. The van der Waals surface area contributed by atoms with Crippen molar-refractivity contribution in [2.75, 3.05) is 25.0 Å². The predicted molar refractivity (Wildman–Crippen MR) is 108 cm³/mol. The lowest BCUT2D eigenvalue weighted by atomic mass is 9.95. The number of nitrogens with one attached hydrogen (secondary N) is 2. The van der Waals surface area contributed by atoms with E-state index < -0.39 is 0 Å². The number of aromatic amines is 1. The van der Waals surface area contributed by atoms with Crippen LogP contribution in [0.5, 0.6) is 5.88 Å². The Balaban J connectivity index is 1.52. The molecule has 29 heavy (non-hydrogen) atoms. The Bertz CT molecular complexity index is 1030. The number of aryl methyl sites for hydroxylation is 1. The van der Waals surface area contributed by atoms with Gasteiger partial charge in [0.05, 0.1) is 24.8 Å². The minimum atomic E-state index is -0.0364. The van der Waals surface area contributed by atoms with Gasteiger partial charge in [-0.25, -0.2) is 4.98 Å². The third-order valence-corrected chi connectivity index (χ3v) is 5.23. The molecule has 152 valence electrons. The molecule has 10 heteroatoms. The molecule has 2 atom stereocenters. The van der Waals surface area contributed by atoms with Crippen LogP contribution in [0, 0.1) is 11.8 Å². The Morgan fingerprint density at radius 1 is 1.41 bits per heavy atom. The first-order valence-electron chi connectivity index (χ1n) is 9.58. The number of aromatic nitrogens is 6. The number of carbonyl (C=O) groups excluding carboxylic acids is 1. The first-order valence-corrected chi connectivity index (χ1v) is 9.58. The summed E-state index contributed by atoms with van der Waals surface area (Å²) in [5.74, 6) is 1.37. The fraction of sp³-hybridized carbons (Fsp3) is 0.421. The fourth-order valence-corrected chi connectivity index (χ4v) is 3.67. The number of anilines is 2. The Morgan fingerprint density at radius 3 is 2.97 bits per heavy atom. The molecular formula is C19H24N8O2. The topological polar surface area (TPSA) is 114 Å². The zero-order valence-electron chi connectivity index (χ0n) is 16.5. The van der Waals surface area contributed by atoms with E-state index in [1.807, 2.05) is 18.1 Å². The molecule has 2 N–H and O–H groups in total. The van der Waals surface area contributed by atoms with Crippen molar-refractivity contribution < 1.29 is 9.53 Å². The van der Waals surface area contributed by atoms with Crippen LogP contribution in [0.4, 0.5) is 11.6 Å². The molecule has 4 heterocycles. The van der Waals surface area contributed by atoms with Crippen LogP contribution in [0.1, 0.15) is 13.3 Å². The molecule has 0 spiro atoms. The van der Waals surface area contributed by atoms with Gasteiger partial charge in [-0.1, -0.05) is 19.9 Å². The van der Waals surface area contributed by atoms with Crippen LogP contribution in [0.15, 0.2) is 31.4 Å². The molecule has 4 rings (SSSR count). The first kappa shape index (κ1) is 18.9. The van der Waals surface area contributed by atoms with E-state index in [0.717, 1.165) is 18.7 Å². The van der Waals surface area contributed by atoms with Crippen molar-refractivity contribution in [3.05, 3.63) is 31.4 Å². The lowest BCUT2D eigenvalue weighted by Crippen LogP contribution is -2.27.